The molecule has 3 aromatic rings. The van der Waals surface area contributed by atoms with Gasteiger partial charge in [0.15, 0.2) is 5.78 Å². The molecule has 0 N–H and O–H groups in total. The summed E-state index contributed by atoms with van der Waals surface area (Å²) in [5, 5.41) is 0.651. The van der Waals surface area contributed by atoms with Crippen LogP contribution in [0.1, 0.15) is 23.7 Å². The van der Waals surface area contributed by atoms with E-state index in [4.69, 9.17) is 9.47 Å². The summed E-state index contributed by atoms with van der Waals surface area (Å²) in [7, 11) is 1.56. The van der Waals surface area contributed by atoms with E-state index in [0.717, 1.165) is 5.56 Å². The van der Waals surface area contributed by atoms with Crippen molar-refractivity contribution >= 4 is 22.7 Å². The second-order valence-corrected chi connectivity index (χ2v) is 5.71. The molecule has 0 fully saturated rings. The Morgan fingerprint density at radius 1 is 1.04 bits per heavy atom. The Labute approximate surface area is 151 Å². The SMILES string of the molecule is CCOC(=O)CC(=O)c1cc(-c2ccccc2)nc2ccc(OC)cc12. The van der Waals surface area contributed by atoms with Gasteiger partial charge >= 0.3 is 5.97 Å². The van der Waals surface area contributed by atoms with Crippen LogP contribution in [0.5, 0.6) is 5.75 Å². The first-order valence-corrected chi connectivity index (χ1v) is 8.35. The van der Waals surface area contributed by atoms with Crippen molar-refractivity contribution in [3.05, 3.63) is 60.2 Å². The molecular weight excluding hydrogens is 330 g/mol. The Balaban J connectivity index is 2.13. The van der Waals surface area contributed by atoms with E-state index in [1.165, 1.54) is 0 Å². The lowest BCUT2D eigenvalue weighted by molar-refractivity contribution is -0.141. The van der Waals surface area contributed by atoms with E-state index in [0.29, 0.717) is 27.9 Å². The molecule has 0 spiro atoms. The molecule has 0 bridgehead atoms. The first-order chi connectivity index (χ1) is 12.6. The molecule has 0 saturated carbocycles. The molecule has 132 valence electrons. The van der Waals surface area contributed by atoms with Gasteiger partial charge < -0.3 is 9.47 Å². The van der Waals surface area contributed by atoms with Gasteiger partial charge in [-0.15, -0.1) is 0 Å². The molecule has 5 heteroatoms. The minimum atomic E-state index is -0.536. The summed E-state index contributed by atoms with van der Waals surface area (Å²) in [5.41, 5.74) is 2.67. The molecule has 0 amide bonds. The predicted octanol–water partition coefficient (Wildman–Crippen LogP) is 4.05. The molecule has 0 aliphatic carbocycles. The topological polar surface area (TPSA) is 65.5 Å². The molecule has 0 aliphatic heterocycles. The van der Waals surface area contributed by atoms with Crippen LogP contribution >= 0.6 is 0 Å². The Kier molecular flexibility index (Phi) is 5.27. The molecular formula is C21H19NO4. The molecule has 26 heavy (non-hydrogen) atoms. The molecule has 0 aliphatic rings. The zero-order chi connectivity index (χ0) is 18.5. The molecule has 0 atom stereocenters. The number of nitrogens with zero attached hydrogens (tertiary/aromatic N) is 1. The third-order valence-corrected chi connectivity index (χ3v) is 4.00. The normalized spacial score (nSPS) is 10.5. The second-order valence-electron chi connectivity index (χ2n) is 5.71. The van der Waals surface area contributed by atoms with Crippen LogP contribution in [0.15, 0.2) is 54.6 Å². The highest BCUT2D eigenvalue weighted by molar-refractivity contribution is 6.13. The summed E-state index contributed by atoms with van der Waals surface area (Å²) in [5.74, 6) is -0.218. The third-order valence-electron chi connectivity index (χ3n) is 4.00. The van der Waals surface area contributed by atoms with Crippen LogP contribution in [-0.2, 0) is 9.53 Å². The van der Waals surface area contributed by atoms with Gasteiger partial charge in [-0.2, -0.15) is 0 Å². The highest BCUT2D eigenvalue weighted by atomic mass is 16.5. The van der Waals surface area contributed by atoms with Crippen LogP contribution in [0.3, 0.4) is 0 Å². The van der Waals surface area contributed by atoms with Crippen molar-refractivity contribution in [1.29, 1.82) is 0 Å². The van der Waals surface area contributed by atoms with E-state index >= 15 is 0 Å². The largest absolute Gasteiger partial charge is 0.497 e. The third kappa shape index (κ3) is 3.72. The van der Waals surface area contributed by atoms with Crippen molar-refractivity contribution in [2.24, 2.45) is 0 Å². The van der Waals surface area contributed by atoms with Crippen molar-refractivity contribution in [3.8, 4) is 17.0 Å². The van der Waals surface area contributed by atoms with Gasteiger partial charge in [0.2, 0.25) is 0 Å². The van der Waals surface area contributed by atoms with Gasteiger partial charge in [0.25, 0.3) is 0 Å². The lowest BCUT2D eigenvalue weighted by Gasteiger charge is -2.10. The van der Waals surface area contributed by atoms with Crippen molar-refractivity contribution in [2.45, 2.75) is 13.3 Å². The number of fused-ring (bicyclic) bond motifs is 1. The number of carbonyl (C=O) groups is 2. The maximum atomic E-state index is 12.8. The molecule has 0 radical (unpaired) electrons. The number of esters is 1. The van der Waals surface area contributed by atoms with Crippen molar-refractivity contribution < 1.29 is 19.1 Å². The zero-order valence-electron chi connectivity index (χ0n) is 14.7. The number of rotatable bonds is 6. The van der Waals surface area contributed by atoms with Crippen LogP contribution in [0.4, 0.5) is 0 Å². The summed E-state index contributed by atoms with van der Waals surface area (Å²) in [6.07, 6.45) is -0.307. The average Bonchev–Trinajstić information content (AvgIpc) is 2.67. The van der Waals surface area contributed by atoms with E-state index in [1.807, 2.05) is 36.4 Å². The lowest BCUT2D eigenvalue weighted by Crippen LogP contribution is -2.12. The molecule has 0 unspecified atom stereocenters. The number of pyridine rings is 1. The van der Waals surface area contributed by atoms with Gasteiger partial charge in [-0.1, -0.05) is 30.3 Å². The van der Waals surface area contributed by atoms with Crippen LogP contribution in [0.2, 0.25) is 0 Å². The van der Waals surface area contributed by atoms with Crippen molar-refractivity contribution in [2.75, 3.05) is 13.7 Å². The quantitative estimate of drug-likeness (QED) is 0.382. The van der Waals surface area contributed by atoms with E-state index in [2.05, 4.69) is 4.98 Å². The van der Waals surface area contributed by atoms with Crippen LogP contribution in [-0.4, -0.2) is 30.5 Å². The number of aromatic nitrogens is 1. The van der Waals surface area contributed by atoms with E-state index in [-0.39, 0.29) is 18.8 Å². The highest BCUT2D eigenvalue weighted by Gasteiger charge is 2.18. The standard InChI is InChI=1S/C21H19NO4/c1-3-26-21(24)13-20(23)17-12-19(14-7-5-4-6-8-14)22-18-10-9-15(25-2)11-16(17)18/h4-12H,3,13H2,1-2H3. The summed E-state index contributed by atoms with van der Waals surface area (Å²) in [4.78, 5) is 29.2. The van der Waals surface area contributed by atoms with Gasteiger partial charge in [0, 0.05) is 16.5 Å². The summed E-state index contributed by atoms with van der Waals surface area (Å²) >= 11 is 0. The lowest BCUT2D eigenvalue weighted by atomic mass is 9.99. The van der Waals surface area contributed by atoms with Crippen LogP contribution in [0, 0.1) is 0 Å². The second kappa shape index (κ2) is 7.78. The van der Waals surface area contributed by atoms with Crippen LogP contribution < -0.4 is 4.74 Å². The summed E-state index contributed by atoms with van der Waals surface area (Å²) in [6, 6.07) is 16.7. The van der Waals surface area contributed by atoms with Gasteiger partial charge in [0.05, 0.1) is 24.9 Å². The highest BCUT2D eigenvalue weighted by Crippen LogP contribution is 2.28. The molecule has 2 aromatic carbocycles. The number of carbonyl (C=O) groups excluding carboxylic acids is 2. The maximum Gasteiger partial charge on any atom is 0.313 e. The smallest absolute Gasteiger partial charge is 0.313 e. The monoisotopic (exact) mass is 349 g/mol. The fourth-order valence-electron chi connectivity index (χ4n) is 2.76. The Morgan fingerprint density at radius 2 is 1.81 bits per heavy atom. The first-order valence-electron chi connectivity index (χ1n) is 8.35. The van der Waals surface area contributed by atoms with Crippen LogP contribution in [0.25, 0.3) is 22.2 Å². The minimum absolute atomic E-state index is 0.242. The minimum Gasteiger partial charge on any atom is -0.497 e. The van der Waals surface area contributed by atoms with Gasteiger partial charge in [-0.3, -0.25) is 9.59 Å². The number of ether oxygens (including phenoxy) is 2. The number of methoxy groups -OCH3 is 1. The number of benzene rings is 2. The van der Waals surface area contributed by atoms with Gasteiger partial charge in [-0.25, -0.2) is 4.98 Å². The van der Waals surface area contributed by atoms with Crippen molar-refractivity contribution in [1.82, 2.24) is 4.98 Å². The average molecular weight is 349 g/mol. The van der Waals surface area contributed by atoms with Gasteiger partial charge in [-0.05, 0) is 31.2 Å². The fraction of sp³-hybridized carbons (Fsp3) is 0.190. The zero-order valence-corrected chi connectivity index (χ0v) is 14.7. The molecule has 3 rings (SSSR count). The van der Waals surface area contributed by atoms with E-state index in [9.17, 15) is 9.59 Å². The number of Topliss-reactive ketones (excluding diaryl/α,β-unsaturated/α-hetero) is 1. The Morgan fingerprint density at radius 3 is 2.50 bits per heavy atom. The number of hydrogen-bond donors (Lipinski definition) is 0. The fourth-order valence-corrected chi connectivity index (χ4v) is 2.76. The molecule has 5 nitrogen and oxygen atoms in total. The number of hydrogen-bond acceptors (Lipinski definition) is 5. The summed E-state index contributed by atoms with van der Waals surface area (Å²) in [6.45, 7) is 1.95. The predicted molar refractivity (Wildman–Crippen MR) is 99.3 cm³/mol. The van der Waals surface area contributed by atoms with E-state index in [1.54, 1.807) is 32.2 Å². The summed E-state index contributed by atoms with van der Waals surface area (Å²) < 4.78 is 10.2. The molecule has 1 aromatic heterocycles. The Hall–Kier alpha value is -3.21. The molecule has 0 saturated heterocycles. The first kappa shape index (κ1) is 17.6. The molecule has 1 heterocycles. The van der Waals surface area contributed by atoms with E-state index < -0.39 is 5.97 Å². The maximum absolute atomic E-state index is 12.8. The van der Waals surface area contributed by atoms with Crippen molar-refractivity contribution in [3.63, 3.8) is 0 Å². The Bertz CT molecular complexity index is 951. The number of ketones is 1. The van der Waals surface area contributed by atoms with Gasteiger partial charge in [0.1, 0.15) is 12.2 Å².